The van der Waals surface area contributed by atoms with Crippen LogP contribution in [0.25, 0.3) is 17.3 Å². The third-order valence-electron chi connectivity index (χ3n) is 14.7. The van der Waals surface area contributed by atoms with Gasteiger partial charge in [0.05, 0.1) is 0 Å². The van der Waals surface area contributed by atoms with Crippen molar-refractivity contribution in [2.45, 2.75) is 122 Å². The fourth-order valence-corrected chi connectivity index (χ4v) is 11.6. The van der Waals surface area contributed by atoms with Crippen LogP contribution >= 0.6 is 0 Å². The van der Waals surface area contributed by atoms with Crippen LogP contribution in [-0.2, 0) is 18.3 Å². The van der Waals surface area contributed by atoms with Gasteiger partial charge in [-0.1, -0.05) is 129 Å². The molecule has 0 saturated carbocycles. The van der Waals surface area contributed by atoms with Gasteiger partial charge in [0.1, 0.15) is 0 Å². The number of fused-ring (bicyclic) bond motifs is 6. The molecule has 2 heteroatoms. The maximum Gasteiger partial charge on any atom is 0.0448 e. The number of hydrogen-bond donors (Lipinski definition) is 0. The second kappa shape index (κ2) is 14.0. The zero-order valence-corrected chi connectivity index (χ0v) is 35.6. The first-order valence-corrected chi connectivity index (χ1v) is 22.2. The third kappa shape index (κ3) is 6.39. The van der Waals surface area contributed by atoms with Crippen LogP contribution in [0.4, 0.5) is 11.4 Å². The number of benzene rings is 4. The molecule has 2 unspecified atom stereocenters. The molecule has 4 aliphatic carbocycles. The van der Waals surface area contributed by atoms with Gasteiger partial charge in [-0.2, -0.15) is 0 Å². The third-order valence-corrected chi connectivity index (χ3v) is 14.7. The molecule has 0 spiro atoms. The van der Waals surface area contributed by atoms with Gasteiger partial charge in [-0.15, -0.1) is 0 Å². The molecule has 4 aromatic carbocycles. The number of nitrogens with zero attached hydrogens (tertiary/aromatic N) is 2. The minimum absolute atomic E-state index is 0.0886. The minimum atomic E-state index is 0.0886. The monoisotopic (exact) mass is 760 g/mol. The van der Waals surface area contributed by atoms with E-state index in [4.69, 9.17) is 0 Å². The molecular weight excluding hydrogens is 701 g/mol. The molecule has 294 valence electrons. The Labute approximate surface area is 347 Å². The van der Waals surface area contributed by atoms with E-state index < -0.39 is 0 Å². The highest BCUT2D eigenvalue weighted by atomic mass is 15.2. The highest BCUT2D eigenvalue weighted by molar-refractivity contribution is 5.79. The molecule has 2 aliphatic heterocycles. The highest BCUT2D eigenvalue weighted by Gasteiger charge is 2.41. The van der Waals surface area contributed by atoms with Crippen molar-refractivity contribution in [3.8, 4) is 0 Å². The summed E-state index contributed by atoms with van der Waals surface area (Å²) >= 11 is 0. The molecule has 4 aromatic rings. The van der Waals surface area contributed by atoms with Crippen LogP contribution < -0.4 is 20.2 Å². The van der Waals surface area contributed by atoms with Crippen molar-refractivity contribution in [1.82, 2.24) is 0 Å². The van der Waals surface area contributed by atoms with Crippen molar-refractivity contribution in [2.75, 3.05) is 9.80 Å². The van der Waals surface area contributed by atoms with Gasteiger partial charge in [0.25, 0.3) is 0 Å². The smallest absolute Gasteiger partial charge is 0.0448 e. The maximum atomic E-state index is 2.69. The number of hydrogen-bond acceptors (Lipinski definition) is 2. The maximum absolute atomic E-state index is 2.69. The van der Waals surface area contributed by atoms with Gasteiger partial charge in [-0.25, -0.2) is 0 Å². The zero-order chi connectivity index (χ0) is 39.8. The predicted molar refractivity (Wildman–Crippen MR) is 246 cm³/mol. The fraction of sp³-hybridized carbons (Fsp3) is 0.357. The van der Waals surface area contributed by atoms with Crippen LogP contribution in [0.1, 0.15) is 120 Å². The molecule has 2 heterocycles. The van der Waals surface area contributed by atoms with Crippen molar-refractivity contribution in [3.63, 3.8) is 0 Å². The summed E-state index contributed by atoms with van der Waals surface area (Å²) in [5, 5.41) is 2.85. The Hall–Kier alpha value is -5.08. The van der Waals surface area contributed by atoms with Crippen molar-refractivity contribution < 1.29 is 0 Å². The van der Waals surface area contributed by atoms with E-state index >= 15 is 0 Å². The van der Waals surface area contributed by atoms with E-state index in [2.05, 4.69) is 185 Å². The number of aryl methyl sites for hydroxylation is 2. The first kappa shape index (κ1) is 37.2. The van der Waals surface area contributed by atoms with Gasteiger partial charge in [-0.05, 0) is 165 Å². The van der Waals surface area contributed by atoms with E-state index in [1.807, 2.05) is 0 Å². The summed E-state index contributed by atoms with van der Waals surface area (Å²) in [6.07, 6.45) is 27.2. The second-order valence-electron chi connectivity index (χ2n) is 19.9. The van der Waals surface area contributed by atoms with E-state index in [-0.39, 0.29) is 16.5 Å². The van der Waals surface area contributed by atoms with Crippen molar-refractivity contribution in [3.05, 3.63) is 183 Å². The molecule has 10 rings (SSSR count). The number of rotatable bonds is 5. The Morgan fingerprint density at radius 1 is 0.621 bits per heavy atom. The Balaban J connectivity index is 0.908. The molecule has 0 amide bonds. The summed E-state index contributed by atoms with van der Waals surface area (Å²) in [5.74, 6) is 0.921. The number of anilines is 2. The molecule has 6 aliphatic rings. The summed E-state index contributed by atoms with van der Waals surface area (Å²) in [6, 6.07) is 34.6. The fourth-order valence-electron chi connectivity index (χ4n) is 11.6. The van der Waals surface area contributed by atoms with Crippen LogP contribution in [0.15, 0.2) is 144 Å². The Morgan fingerprint density at radius 2 is 1.29 bits per heavy atom. The van der Waals surface area contributed by atoms with E-state index in [1.165, 1.54) is 85.0 Å². The van der Waals surface area contributed by atoms with Crippen molar-refractivity contribution >= 4 is 28.7 Å². The lowest BCUT2D eigenvalue weighted by molar-refractivity contribution is 0.346. The Bertz CT molecular complexity index is 2600. The molecule has 0 bridgehead atoms. The molecular formula is C56H60N2. The van der Waals surface area contributed by atoms with Gasteiger partial charge in [0.2, 0.25) is 0 Å². The lowest BCUT2D eigenvalue weighted by Crippen LogP contribution is -2.50. The van der Waals surface area contributed by atoms with Gasteiger partial charge in [0, 0.05) is 45.0 Å². The van der Waals surface area contributed by atoms with Crippen LogP contribution in [0.2, 0.25) is 0 Å². The predicted octanol–water partition coefficient (Wildman–Crippen LogP) is 12.4. The van der Waals surface area contributed by atoms with E-state index in [1.54, 1.807) is 5.57 Å². The van der Waals surface area contributed by atoms with Crippen LogP contribution in [0.3, 0.4) is 0 Å². The van der Waals surface area contributed by atoms with Crippen molar-refractivity contribution in [2.24, 2.45) is 5.92 Å². The Morgan fingerprint density at radius 3 is 2.02 bits per heavy atom. The zero-order valence-electron chi connectivity index (χ0n) is 35.6. The van der Waals surface area contributed by atoms with E-state index in [0.717, 1.165) is 44.9 Å². The standard InChI is InChI=1S/C56H60N2/c1-54(2)37-43-36-44(57-51-17-11-7-13-41(51)31-33-55(57,3)4)26-28-46(43)48-27-23-39(35-50(48)54)20-19-38-21-24-40(25-22-38)45-29-30-53(49-16-10-9-15-47(45)49)58-52-18-12-8-14-42(52)32-34-56(58,5)6/h7-21,23-24,26-28,35-36,43,46H,22,25,29-34,37H2,1-6H3. The SMILES string of the molecule is CC1(C)CC2C=C(N3c4ccccc4CCC3(C)C)C=CC2c2ccc(C=CC3=CC=C(C4=c5ccccc5=C(N5c6ccccc6CCC5(C)C)CC4)CC3)cc21. The molecule has 0 fully saturated rings. The van der Waals surface area contributed by atoms with Gasteiger partial charge >= 0.3 is 0 Å². The van der Waals surface area contributed by atoms with E-state index in [9.17, 15) is 0 Å². The molecule has 2 nitrogen and oxygen atoms in total. The summed E-state index contributed by atoms with van der Waals surface area (Å²) < 4.78 is 0. The normalized spacial score (nSPS) is 23.9. The lowest BCUT2D eigenvalue weighted by Gasteiger charge is -2.48. The summed E-state index contributed by atoms with van der Waals surface area (Å²) in [6.45, 7) is 14.6. The molecule has 0 saturated heterocycles. The quantitative estimate of drug-likeness (QED) is 0.200. The number of para-hydroxylation sites is 2. The lowest BCUT2D eigenvalue weighted by atomic mass is 9.62. The average molecular weight is 761 g/mol. The van der Waals surface area contributed by atoms with E-state index in [0.29, 0.717) is 11.8 Å². The molecule has 0 aromatic heterocycles. The van der Waals surface area contributed by atoms with Crippen LogP contribution in [0, 0.1) is 5.92 Å². The largest absolute Gasteiger partial charge is 0.339 e. The Kier molecular flexibility index (Phi) is 9.01. The number of allylic oxidation sites excluding steroid dienone is 8. The average Bonchev–Trinajstić information content (AvgIpc) is 3.22. The van der Waals surface area contributed by atoms with Gasteiger partial charge in [-0.3, -0.25) is 0 Å². The van der Waals surface area contributed by atoms with Crippen molar-refractivity contribution in [1.29, 1.82) is 0 Å². The molecule has 0 N–H and O–H groups in total. The molecule has 0 radical (unpaired) electrons. The second-order valence-corrected chi connectivity index (χ2v) is 19.9. The summed E-state index contributed by atoms with van der Waals surface area (Å²) in [5.41, 5.74) is 17.7. The molecule has 2 atom stereocenters. The molecule has 58 heavy (non-hydrogen) atoms. The first-order valence-electron chi connectivity index (χ1n) is 22.2. The highest BCUT2D eigenvalue weighted by Crippen LogP contribution is 2.51. The summed E-state index contributed by atoms with van der Waals surface area (Å²) in [7, 11) is 0. The first-order chi connectivity index (χ1) is 28.0. The topological polar surface area (TPSA) is 6.48 Å². The van der Waals surface area contributed by atoms with Crippen LogP contribution in [0.5, 0.6) is 0 Å². The van der Waals surface area contributed by atoms with Gasteiger partial charge in [0.15, 0.2) is 0 Å². The van der Waals surface area contributed by atoms with Crippen LogP contribution in [-0.4, -0.2) is 11.1 Å². The van der Waals surface area contributed by atoms with Gasteiger partial charge < -0.3 is 9.80 Å². The minimum Gasteiger partial charge on any atom is -0.339 e. The summed E-state index contributed by atoms with van der Waals surface area (Å²) in [4.78, 5) is 5.32.